The first-order chi connectivity index (χ1) is 13.9. The van der Waals surface area contributed by atoms with E-state index in [1.165, 1.54) is 12.3 Å². The second-order valence-corrected chi connectivity index (χ2v) is 11.0. The van der Waals surface area contributed by atoms with Gasteiger partial charge < -0.3 is 39.8 Å². The first-order valence-electron chi connectivity index (χ1n) is 8.88. The molecule has 0 spiro atoms. The third kappa shape index (κ3) is 6.88. The Bertz CT molecular complexity index is 945. The quantitative estimate of drug-likeness (QED) is 0.165. The second kappa shape index (κ2) is 8.96. The van der Waals surface area contributed by atoms with Gasteiger partial charge in [-0.25, -0.2) is 13.9 Å². The molecular formula is C14H27N4O11P2+. The van der Waals surface area contributed by atoms with Crippen LogP contribution in [0.3, 0.4) is 0 Å². The van der Waals surface area contributed by atoms with E-state index in [0.717, 1.165) is 4.57 Å². The van der Waals surface area contributed by atoms with Gasteiger partial charge in [-0.2, -0.15) is 9.29 Å². The van der Waals surface area contributed by atoms with Crippen LogP contribution < -0.4 is 11.4 Å². The normalized spacial score (nSPS) is 29.1. The molecule has 1 fully saturated rings. The molecule has 0 radical (unpaired) electrons. The second-order valence-electron chi connectivity index (χ2n) is 8.13. The Balaban J connectivity index is 2.36. The summed E-state index contributed by atoms with van der Waals surface area (Å²) in [6.45, 7) is -0.587. The lowest BCUT2D eigenvalue weighted by Crippen LogP contribution is -2.50. The summed E-state index contributed by atoms with van der Waals surface area (Å²) in [5, 5.41) is 21.3. The number of nitrogens with zero attached hydrogens (tertiary/aromatic N) is 3. The summed E-state index contributed by atoms with van der Waals surface area (Å²) in [6, 6.07) is 1.27. The van der Waals surface area contributed by atoms with Gasteiger partial charge in [0.25, 0.3) is 0 Å². The summed E-state index contributed by atoms with van der Waals surface area (Å²) >= 11 is 0. The van der Waals surface area contributed by atoms with Crippen LogP contribution in [0.4, 0.5) is 5.82 Å². The van der Waals surface area contributed by atoms with Crippen LogP contribution in [0, 0.1) is 0 Å². The SMILES string of the molecule is C[N+](C)(C)CC[C@]1(COP(=O)(O)OP(=O)(O)O)O[C@@H](n2ccc(N)nc2=O)C(O)C1O. The van der Waals surface area contributed by atoms with Crippen LogP contribution in [0.1, 0.15) is 12.6 Å². The molecule has 17 heteroatoms. The van der Waals surface area contributed by atoms with Crippen molar-refractivity contribution in [2.45, 2.75) is 30.5 Å². The zero-order chi connectivity index (χ0) is 23.8. The maximum atomic E-state index is 12.2. The Morgan fingerprint density at radius 1 is 1.29 bits per heavy atom. The van der Waals surface area contributed by atoms with Crippen molar-refractivity contribution in [1.29, 1.82) is 0 Å². The van der Waals surface area contributed by atoms with Crippen LogP contribution in [-0.4, -0.2) is 91.0 Å². The van der Waals surface area contributed by atoms with E-state index in [1.54, 1.807) is 0 Å². The summed E-state index contributed by atoms with van der Waals surface area (Å²) in [7, 11) is -5.20. The number of aliphatic hydroxyl groups excluding tert-OH is 2. The zero-order valence-corrected chi connectivity index (χ0v) is 18.8. The predicted molar refractivity (Wildman–Crippen MR) is 104 cm³/mol. The molecule has 1 aromatic rings. The van der Waals surface area contributed by atoms with Crippen LogP contribution in [0.15, 0.2) is 17.1 Å². The third-order valence-electron chi connectivity index (χ3n) is 4.52. The topological polar surface area (TPSA) is 224 Å². The number of rotatable bonds is 9. The molecule has 0 aromatic carbocycles. The van der Waals surface area contributed by atoms with Gasteiger partial charge in [-0.15, -0.1) is 0 Å². The number of phosphoric acid groups is 2. The highest BCUT2D eigenvalue weighted by Gasteiger charge is 2.56. The van der Waals surface area contributed by atoms with E-state index in [0.29, 0.717) is 11.0 Å². The molecule has 1 aliphatic heterocycles. The van der Waals surface area contributed by atoms with Gasteiger partial charge in [0.05, 0.1) is 34.3 Å². The van der Waals surface area contributed by atoms with Crippen LogP contribution in [-0.2, 0) is 22.7 Å². The summed E-state index contributed by atoms with van der Waals surface area (Å²) < 4.78 is 38.2. The van der Waals surface area contributed by atoms with Crippen LogP contribution >= 0.6 is 15.6 Å². The van der Waals surface area contributed by atoms with Crippen LogP contribution in [0.2, 0.25) is 0 Å². The Kier molecular flexibility index (Phi) is 7.53. The minimum atomic E-state index is -5.37. The average molecular weight is 489 g/mol. The van der Waals surface area contributed by atoms with Gasteiger partial charge in [0.15, 0.2) is 6.23 Å². The van der Waals surface area contributed by atoms with Crippen molar-refractivity contribution in [1.82, 2.24) is 9.55 Å². The van der Waals surface area contributed by atoms with E-state index in [4.69, 9.17) is 20.3 Å². The lowest BCUT2D eigenvalue weighted by molar-refractivity contribution is -0.871. The highest BCUT2D eigenvalue weighted by Crippen LogP contribution is 2.58. The number of nitrogen functional groups attached to an aromatic ring is 1. The van der Waals surface area contributed by atoms with Gasteiger partial charge in [0.2, 0.25) is 0 Å². The van der Waals surface area contributed by atoms with Crippen LogP contribution in [0.5, 0.6) is 0 Å². The zero-order valence-electron chi connectivity index (χ0n) is 17.0. The predicted octanol–water partition coefficient (Wildman–Crippen LogP) is -1.86. The smallest absolute Gasteiger partial charge is 0.387 e. The number of hydrogen-bond donors (Lipinski definition) is 6. The molecule has 178 valence electrons. The van der Waals surface area contributed by atoms with Crippen molar-refractivity contribution in [3.63, 3.8) is 0 Å². The number of quaternary nitrogens is 1. The van der Waals surface area contributed by atoms with Gasteiger partial charge in [-0.1, -0.05) is 0 Å². The molecule has 2 heterocycles. The standard InChI is InChI=1S/C14H26N4O11P2/c1-18(2,3)7-5-14(8-27-31(25,26)29-30(22,23)24)11(20)10(19)12(28-14)17-6-4-9(15)16-13(17)21/h4,6,10-12,19-20H,5,7-8H2,1-3H3,(H4-,15,16,21,22,23,24,25,26)/p+1/t10?,11?,12-,14-/m1/s1. The number of nitrogens with two attached hydrogens (primary N) is 1. The number of anilines is 1. The molecule has 5 atom stereocenters. The molecule has 1 aliphatic rings. The fraction of sp³-hybridized carbons (Fsp3) is 0.714. The van der Waals surface area contributed by atoms with Gasteiger partial charge in [-0.3, -0.25) is 9.09 Å². The van der Waals surface area contributed by atoms with Crippen molar-refractivity contribution in [3.05, 3.63) is 22.7 Å². The van der Waals surface area contributed by atoms with Crippen molar-refractivity contribution >= 4 is 21.5 Å². The number of aliphatic hydroxyl groups is 2. The molecular weight excluding hydrogens is 462 g/mol. The number of aromatic nitrogens is 2. The molecule has 7 N–H and O–H groups in total. The maximum Gasteiger partial charge on any atom is 0.481 e. The monoisotopic (exact) mass is 489 g/mol. The molecule has 31 heavy (non-hydrogen) atoms. The van der Waals surface area contributed by atoms with Gasteiger partial charge in [0.1, 0.15) is 23.6 Å². The number of ether oxygens (including phenoxy) is 1. The summed E-state index contributed by atoms with van der Waals surface area (Å²) in [5.41, 5.74) is 2.73. The maximum absolute atomic E-state index is 12.2. The molecule has 1 aromatic heterocycles. The molecule has 0 aliphatic carbocycles. The van der Waals surface area contributed by atoms with Crippen molar-refractivity contribution in [3.8, 4) is 0 Å². The van der Waals surface area contributed by atoms with Crippen molar-refractivity contribution in [2.24, 2.45) is 0 Å². The highest BCUT2D eigenvalue weighted by molar-refractivity contribution is 7.60. The van der Waals surface area contributed by atoms with E-state index in [1.807, 2.05) is 21.1 Å². The summed E-state index contributed by atoms with van der Waals surface area (Å²) in [6.07, 6.45) is -3.70. The van der Waals surface area contributed by atoms with Gasteiger partial charge in [-0.05, 0) is 6.07 Å². The van der Waals surface area contributed by atoms with Crippen LogP contribution in [0.25, 0.3) is 0 Å². The van der Waals surface area contributed by atoms with E-state index < -0.39 is 52.0 Å². The number of hydrogen-bond acceptors (Lipinski definition) is 10. The third-order valence-corrected chi connectivity index (χ3v) is 6.65. The minimum Gasteiger partial charge on any atom is -0.387 e. The van der Waals surface area contributed by atoms with Gasteiger partial charge >= 0.3 is 21.3 Å². The molecule has 1 saturated heterocycles. The van der Waals surface area contributed by atoms with Crippen molar-refractivity contribution < 1.29 is 52.1 Å². The Labute approximate surface area is 177 Å². The molecule has 0 bridgehead atoms. The average Bonchev–Trinajstić information content (AvgIpc) is 2.82. The highest BCUT2D eigenvalue weighted by atomic mass is 31.3. The lowest BCUT2D eigenvalue weighted by Gasteiger charge is -2.35. The van der Waals surface area contributed by atoms with E-state index >= 15 is 0 Å². The summed E-state index contributed by atoms with van der Waals surface area (Å²) in [5.74, 6) is -0.0790. The first-order valence-corrected chi connectivity index (χ1v) is 11.9. The molecule has 3 unspecified atom stereocenters. The fourth-order valence-electron chi connectivity index (χ4n) is 2.96. The Morgan fingerprint density at radius 2 is 1.90 bits per heavy atom. The Morgan fingerprint density at radius 3 is 2.42 bits per heavy atom. The molecule has 0 amide bonds. The first kappa shape index (κ1) is 26.0. The van der Waals surface area contributed by atoms with E-state index in [-0.39, 0.29) is 12.2 Å². The molecule has 0 saturated carbocycles. The summed E-state index contributed by atoms with van der Waals surface area (Å²) in [4.78, 5) is 42.8. The minimum absolute atomic E-state index is 0.0434. The molecule has 15 nitrogen and oxygen atoms in total. The van der Waals surface area contributed by atoms with E-state index in [9.17, 15) is 29.0 Å². The largest absolute Gasteiger partial charge is 0.481 e. The van der Waals surface area contributed by atoms with Crippen molar-refractivity contribution in [2.75, 3.05) is 40.0 Å². The fourth-order valence-corrected chi connectivity index (χ4v) is 4.61. The lowest BCUT2D eigenvalue weighted by atomic mass is 9.92. The van der Waals surface area contributed by atoms with E-state index in [2.05, 4.69) is 13.8 Å². The molecule has 2 rings (SSSR count). The van der Waals surface area contributed by atoms with Gasteiger partial charge in [0, 0.05) is 12.6 Å². The number of phosphoric ester groups is 1. The Hall–Kier alpha value is -1.22.